The highest BCUT2D eigenvalue weighted by Gasteiger charge is 2.35. The van der Waals surface area contributed by atoms with Gasteiger partial charge in [0.2, 0.25) is 0 Å². The van der Waals surface area contributed by atoms with Gasteiger partial charge in [0.1, 0.15) is 0 Å². The second-order valence-electron chi connectivity index (χ2n) is 5.23. The molecule has 1 N–H and O–H groups in total. The van der Waals surface area contributed by atoms with Gasteiger partial charge in [-0.05, 0) is 18.1 Å². The van der Waals surface area contributed by atoms with Crippen LogP contribution in [0.15, 0.2) is 12.2 Å². The van der Waals surface area contributed by atoms with E-state index in [-0.39, 0.29) is 0 Å². The summed E-state index contributed by atoms with van der Waals surface area (Å²) in [5.74, 6) is -1.61. The average molecular weight is 300 g/mol. The first kappa shape index (κ1) is 18.9. The maximum absolute atomic E-state index is 11.8. The van der Waals surface area contributed by atoms with Gasteiger partial charge in [0.25, 0.3) is 8.32 Å². The summed E-state index contributed by atoms with van der Waals surface area (Å²) in [7, 11) is -2.06. The van der Waals surface area contributed by atoms with E-state index in [2.05, 4.69) is 20.8 Å². The minimum atomic E-state index is -2.06. The van der Waals surface area contributed by atoms with Gasteiger partial charge in [0, 0.05) is 12.2 Å². The van der Waals surface area contributed by atoms with E-state index < -0.39 is 20.3 Å². The van der Waals surface area contributed by atoms with Crippen LogP contribution in [0.4, 0.5) is 0 Å². The van der Waals surface area contributed by atoms with Crippen LogP contribution in [0, 0.1) is 0 Å². The van der Waals surface area contributed by atoms with Crippen LogP contribution in [0.5, 0.6) is 0 Å². The standard InChI is InChI=1S/C15H28O4Si/c1-4-7-8-13-20(11-5-2,12-6-3)19-15(18)10-9-14(16)17/h9-10H,4-8,11-13H2,1-3H3,(H,16,17)/b10-9-. The minimum Gasteiger partial charge on any atom is -0.516 e. The molecule has 0 spiro atoms. The third-order valence-electron chi connectivity index (χ3n) is 3.33. The lowest BCUT2D eigenvalue weighted by Crippen LogP contribution is -2.39. The number of carbonyl (C=O) groups is 2. The summed E-state index contributed by atoms with van der Waals surface area (Å²) in [5, 5.41) is 8.56. The van der Waals surface area contributed by atoms with E-state index in [0.717, 1.165) is 62.4 Å². The number of unbranched alkanes of at least 4 members (excludes halogenated alkanes) is 2. The van der Waals surface area contributed by atoms with Crippen molar-refractivity contribution in [1.82, 2.24) is 0 Å². The maximum Gasteiger partial charge on any atom is 0.328 e. The van der Waals surface area contributed by atoms with Gasteiger partial charge in [-0.1, -0.05) is 52.9 Å². The molecular formula is C15H28O4Si. The topological polar surface area (TPSA) is 63.6 Å². The van der Waals surface area contributed by atoms with Gasteiger partial charge >= 0.3 is 11.9 Å². The third kappa shape index (κ3) is 8.14. The summed E-state index contributed by atoms with van der Waals surface area (Å²) >= 11 is 0. The summed E-state index contributed by atoms with van der Waals surface area (Å²) in [6, 6.07) is 2.93. The van der Waals surface area contributed by atoms with Gasteiger partial charge in [-0.25, -0.2) is 9.59 Å². The number of carbonyl (C=O) groups excluding carboxylic acids is 1. The average Bonchev–Trinajstić information content (AvgIpc) is 2.37. The summed E-state index contributed by atoms with van der Waals surface area (Å²) in [6.07, 6.45) is 7.31. The summed E-state index contributed by atoms with van der Waals surface area (Å²) in [5.41, 5.74) is 0. The highest BCUT2D eigenvalue weighted by atomic mass is 28.4. The van der Waals surface area contributed by atoms with Crippen LogP contribution in [-0.4, -0.2) is 25.4 Å². The zero-order chi connectivity index (χ0) is 15.4. The quantitative estimate of drug-likeness (QED) is 0.354. The second-order valence-corrected chi connectivity index (χ2v) is 9.30. The Balaban J connectivity index is 4.78. The molecule has 5 heteroatoms. The minimum absolute atomic E-state index is 0.488. The number of carboxylic acids is 1. The van der Waals surface area contributed by atoms with Crippen LogP contribution in [-0.2, 0) is 14.0 Å². The Morgan fingerprint density at radius 3 is 2.00 bits per heavy atom. The van der Waals surface area contributed by atoms with E-state index in [1.807, 2.05) is 0 Å². The summed E-state index contributed by atoms with van der Waals surface area (Å²) in [4.78, 5) is 22.3. The Morgan fingerprint density at radius 2 is 1.55 bits per heavy atom. The van der Waals surface area contributed by atoms with Crippen LogP contribution in [0.1, 0.15) is 52.9 Å². The van der Waals surface area contributed by atoms with E-state index in [1.54, 1.807) is 0 Å². The monoisotopic (exact) mass is 300 g/mol. The van der Waals surface area contributed by atoms with Crippen LogP contribution in [0.2, 0.25) is 18.1 Å². The molecule has 0 saturated carbocycles. The first-order valence-corrected chi connectivity index (χ1v) is 10.2. The summed E-state index contributed by atoms with van der Waals surface area (Å²) in [6.45, 7) is 6.38. The molecule has 0 fully saturated rings. The van der Waals surface area contributed by atoms with Crippen molar-refractivity contribution >= 4 is 20.3 Å². The molecule has 0 heterocycles. The zero-order valence-electron chi connectivity index (χ0n) is 13.0. The highest BCUT2D eigenvalue weighted by molar-refractivity contribution is 6.75. The van der Waals surface area contributed by atoms with Crippen molar-refractivity contribution in [2.45, 2.75) is 71.0 Å². The lowest BCUT2D eigenvalue weighted by atomic mass is 10.3. The van der Waals surface area contributed by atoms with Gasteiger partial charge in [0.05, 0.1) is 0 Å². The Kier molecular flexibility index (Phi) is 10.1. The third-order valence-corrected chi connectivity index (χ3v) is 8.05. The summed E-state index contributed by atoms with van der Waals surface area (Å²) < 4.78 is 5.77. The van der Waals surface area contributed by atoms with Crippen molar-refractivity contribution in [3.05, 3.63) is 12.2 Å². The molecule has 0 aliphatic carbocycles. The number of hydrogen-bond donors (Lipinski definition) is 1. The molecule has 0 unspecified atom stereocenters. The van der Waals surface area contributed by atoms with Gasteiger partial charge in [-0.3, -0.25) is 0 Å². The largest absolute Gasteiger partial charge is 0.516 e. The van der Waals surface area contributed by atoms with Crippen LogP contribution >= 0.6 is 0 Å². The van der Waals surface area contributed by atoms with E-state index in [9.17, 15) is 9.59 Å². The fourth-order valence-electron chi connectivity index (χ4n) is 2.52. The molecule has 0 aromatic rings. The number of hydrogen-bond acceptors (Lipinski definition) is 3. The SMILES string of the molecule is CCCCC[Si](CCC)(CCC)OC(=O)/C=C\C(=O)O. The molecule has 0 rings (SSSR count). The first-order chi connectivity index (χ1) is 9.49. The Hall–Kier alpha value is -1.10. The molecule has 0 atom stereocenters. The molecular weight excluding hydrogens is 272 g/mol. The predicted molar refractivity (Wildman–Crippen MR) is 83.1 cm³/mol. The Labute approximate surface area is 123 Å². The van der Waals surface area contributed by atoms with E-state index in [1.165, 1.54) is 0 Å². The molecule has 116 valence electrons. The van der Waals surface area contributed by atoms with Crippen molar-refractivity contribution in [3.8, 4) is 0 Å². The molecule has 0 aromatic carbocycles. The molecule has 0 saturated heterocycles. The van der Waals surface area contributed by atoms with Crippen LogP contribution in [0.3, 0.4) is 0 Å². The maximum atomic E-state index is 11.8. The van der Waals surface area contributed by atoms with Gasteiger partial charge in [0.15, 0.2) is 0 Å². The lowest BCUT2D eigenvalue weighted by molar-refractivity contribution is -0.133. The molecule has 0 aromatic heterocycles. The fourth-order valence-corrected chi connectivity index (χ4v) is 6.79. The van der Waals surface area contributed by atoms with Crippen molar-refractivity contribution in [1.29, 1.82) is 0 Å². The fraction of sp³-hybridized carbons (Fsp3) is 0.733. The van der Waals surface area contributed by atoms with Crippen molar-refractivity contribution in [3.63, 3.8) is 0 Å². The molecule has 20 heavy (non-hydrogen) atoms. The number of rotatable bonds is 11. The van der Waals surface area contributed by atoms with Crippen LogP contribution < -0.4 is 0 Å². The van der Waals surface area contributed by atoms with Crippen molar-refractivity contribution in [2.75, 3.05) is 0 Å². The smallest absolute Gasteiger partial charge is 0.328 e. The zero-order valence-corrected chi connectivity index (χ0v) is 14.0. The normalized spacial score (nSPS) is 11.8. The van der Waals surface area contributed by atoms with E-state index in [4.69, 9.17) is 9.53 Å². The molecule has 0 radical (unpaired) electrons. The molecule has 0 aliphatic rings. The highest BCUT2D eigenvalue weighted by Crippen LogP contribution is 2.28. The Morgan fingerprint density at radius 1 is 0.950 bits per heavy atom. The van der Waals surface area contributed by atoms with Crippen molar-refractivity contribution < 1.29 is 19.1 Å². The Bertz CT molecular complexity index is 320. The van der Waals surface area contributed by atoms with Gasteiger partial charge in [-0.15, -0.1) is 0 Å². The molecule has 4 nitrogen and oxygen atoms in total. The van der Waals surface area contributed by atoms with Crippen LogP contribution in [0.25, 0.3) is 0 Å². The number of carboxylic acid groups (broad SMARTS) is 1. The van der Waals surface area contributed by atoms with Crippen molar-refractivity contribution in [2.24, 2.45) is 0 Å². The molecule has 0 amide bonds. The van der Waals surface area contributed by atoms with Gasteiger partial charge < -0.3 is 9.53 Å². The lowest BCUT2D eigenvalue weighted by Gasteiger charge is -2.30. The molecule has 0 bridgehead atoms. The predicted octanol–water partition coefficient (Wildman–Crippen LogP) is 4.13. The van der Waals surface area contributed by atoms with E-state index >= 15 is 0 Å². The van der Waals surface area contributed by atoms with Gasteiger partial charge in [-0.2, -0.15) is 0 Å². The first-order valence-electron chi connectivity index (χ1n) is 7.63. The second kappa shape index (κ2) is 10.7. The van der Waals surface area contributed by atoms with E-state index in [0.29, 0.717) is 0 Å². The molecule has 0 aliphatic heterocycles. The number of aliphatic carboxylic acids is 1.